The second-order valence-corrected chi connectivity index (χ2v) is 13.1. The number of rotatable bonds is 4. The molecule has 1 spiro atoms. The van der Waals surface area contributed by atoms with Gasteiger partial charge in [-0.05, 0) is 79.8 Å². The predicted molar refractivity (Wildman–Crippen MR) is 138 cm³/mol. The molecule has 10 heteroatoms. The molecule has 0 bridgehead atoms. The summed E-state index contributed by atoms with van der Waals surface area (Å²) in [5.41, 5.74) is 3.27. The number of aromatic nitrogens is 4. The van der Waals surface area contributed by atoms with Gasteiger partial charge in [0.15, 0.2) is 5.65 Å². The fraction of sp³-hybridized carbons (Fsp3) is 0.522. The van der Waals surface area contributed by atoms with E-state index in [4.69, 9.17) is 9.72 Å². The van der Waals surface area contributed by atoms with Gasteiger partial charge in [-0.1, -0.05) is 12.1 Å². The van der Waals surface area contributed by atoms with Gasteiger partial charge in [0.1, 0.15) is 16.8 Å². The van der Waals surface area contributed by atoms with Crippen molar-refractivity contribution < 1.29 is 9.29 Å². The molecule has 1 aliphatic carbocycles. The van der Waals surface area contributed by atoms with Gasteiger partial charge in [-0.3, -0.25) is 4.40 Å². The average molecular weight is 580 g/mol. The zero-order chi connectivity index (χ0) is 23.4. The summed E-state index contributed by atoms with van der Waals surface area (Å²) >= 11 is 1.07. The molecule has 2 atom stereocenters. The summed E-state index contributed by atoms with van der Waals surface area (Å²) in [6.07, 6.45) is 6.43. The van der Waals surface area contributed by atoms with Crippen molar-refractivity contribution in [1.82, 2.24) is 24.3 Å². The Kier molecular flexibility index (Phi) is 5.99. The average Bonchev–Trinajstić information content (AvgIpc) is 3.39. The number of benzene rings is 1. The maximum Gasteiger partial charge on any atom is 0.212 e. The molecule has 5 rings (SSSR count). The summed E-state index contributed by atoms with van der Waals surface area (Å²) in [6, 6.07) is 6.25. The molecule has 1 aliphatic heterocycles. The molecule has 33 heavy (non-hydrogen) atoms. The number of ether oxygens (including phenoxy) is 1. The van der Waals surface area contributed by atoms with Crippen LogP contribution < -0.4 is 14.4 Å². The van der Waals surface area contributed by atoms with Crippen LogP contribution in [-0.2, 0) is 17.8 Å². The van der Waals surface area contributed by atoms with Gasteiger partial charge in [-0.25, -0.2) is 4.98 Å². The summed E-state index contributed by atoms with van der Waals surface area (Å²) in [5, 5.41) is 8.33. The topological polar surface area (TPSA) is 90.6 Å². The summed E-state index contributed by atoms with van der Waals surface area (Å²) in [7, 11) is 1.73. The highest BCUT2D eigenvalue weighted by atomic mass is 127. The van der Waals surface area contributed by atoms with Gasteiger partial charge in [-0.2, -0.15) is 0 Å². The Morgan fingerprint density at radius 1 is 1.27 bits per heavy atom. The third-order valence-corrected chi connectivity index (χ3v) is 9.26. The van der Waals surface area contributed by atoms with Gasteiger partial charge in [-0.15, -0.1) is 14.9 Å². The van der Waals surface area contributed by atoms with Gasteiger partial charge in [0.05, 0.1) is 16.7 Å². The Balaban J connectivity index is 1.46. The molecule has 176 valence electrons. The van der Waals surface area contributed by atoms with E-state index in [1.165, 1.54) is 11.1 Å². The highest BCUT2D eigenvalue weighted by Crippen LogP contribution is 2.54. The summed E-state index contributed by atoms with van der Waals surface area (Å²) in [6.45, 7) is 7.76. The van der Waals surface area contributed by atoms with Crippen LogP contribution >= 0.6 is 22.6 Å². The molecule has 2 aromatic heterocycles. The fourth-order valence-electron chi connectivity index (χ4n) is 5.12. The lowest BCUT2D eigenvalue weighted by Crippen LogP contribution is -2.50. The van der Waals surface area contributed by atoms with E-state index >= 15 is 0 Å². The zero-order valence-electron chi connectivity index (χ0n) is 19.3. The van der Waals surface area contributed by atoms with Gasteiger partial charge in [0.25, 0.3) is 0 Å². The first kappa shape index (κ1) is 23.1. The lowest BCUT2D eigenvalue weighted by molar-refractivity contribution is 0.175. The van der Waals surface area contributed by atoms with Crippen LogP contribution in [0.25, 0.3) is 5.65 Å². The van der Waals surface area contributed by atoms with Crippen LogP contribution in [0.1, 0.15) is 50.8 Å². The highest BCUT2D eigenvalue weighted by Gasteiger charge is 2.51. The Labute approximate surface area is 211 Å². The molecule has 1 N–H and O–H groups in total. The number of hydrogen-bond acceptors (Lipinski definition) is 7. The summed E-state index contributed by atoms with van der Waals surface area (Å²) in [4.78, 5) is 7.02. The van der Waals surface area contributed by atoms with Crippen molar-refractivity contribution in [1.29, 1.82) is 0 Å². The third-order valence-electron chi connectivity index (χ3n) is 6.93. The standard InChI is InChI=1S/C23H29IN6O2S/c1-22(2,3)33(31)28-19-15-6-5-7-18(32-4)16(15)12-23(19)8-10-29(11-9-23)21-25-13-17(24)20-27-26-14-30(20)21/h5-7,13-14,19,28H,8-12H2,1-4H3/t19-,33?/m1/s1. The van der Waals surface area contributed by atoms with E-state index in [-0.39, 0.29) is 16.2 Å². The van der Waals surface area contributed by atoms with Gasteiger partial charge in [0.2, 0.25) is 5.95 Å². The second kappa shape index (κ2) is 8.54. The fourth-order valence-corrected chi connectivity index (χ4v) is 6.57. The number of nitrogens with one attached hydrogen (secondary N) is 1. The molecule has 3 heterocycles. The number of halogens is 1. The molecule has 1 fully saturated rings. The number of hydrogen-bond donors (Lipinski definition) is 1. The highest BCUT2D eigenvalue weighted by molar-refractivity contribution is 14.1. The smallest absolute Gasteiger partial charge is 0.212 e. The predicted octanol–water partition coefficient (Wildman–Crippen LogP) is 3.67. The molecule has 2 aliphatic rings. The van der Waals surface area contributed by atoms with Crippen molar-refractivity contribution >= 4 is 45.5 Å². The van der Waals surface area contributed by atoms with E-state index in [1.807, 2.05) is 43.5 Å². The van der Waals surface area contributed by atoms with E-state index in [0.717, 1.165) is 53.3 Å². The molecule has 1 unspecified atom stereocenters. The van der Waals surface area contributed by atoms with Crippen LogP contribution in [0, 0.1) is 8.99 Å². The zero-order valence-corrected chi connectivity index (χ0v) is 22.3. The quantitative estimate of drug-likeness (QED) is 0.372. The Bertz CT molecular complexity index is 1170. The minimum Gasteiger partial charge on any atom is -0.598 e. The van der Waals surface area contributed by atoms with Crippen LogP contribution in [-0.4, -0.2) is 49.1 Å². The molecule has 0 radical (unpaired) electrons. The second-order valence-electron chi connectivity index (χ2n) is 9.92. The van der Waals surface area contributed by atoms with Crippen LogP contribution in [0.15, 0.2) is 30.7 Å². The first-order chi connectivity index (χ1) is 15.7. The molecule has 1 aromatic carbocycles. The van der Waals surface area contributed by atoms with Crippen molar-refractivity contribution in [3.63, 3.8) is 0 Å². The van der Waals surface area contributed by atoms with Crippen molar-refractivity contribution in [2.24, 2.45) is 5.41 Å². The molecule has 1 saturated heterocycles. The number of methoxy groups -OCH3 is 1. The SMILES string of the molecule is COc1cccc2c1CC1(CCN(c3ncc(I)c4nncn34)CC1)[C@@H]2N[S+]([O-])C(C)(C)C. The maximum atomic E-state index is 13.2. The summed E-state index contributed by atoms with van der Waals surface area (Å²) in [5.74, 6) is 1.80. The largest absolute Gasteiger partial charge is 0.598 e. The van der Waals surface area contributed by atoms with Gasteiger partial charge < -0.3 is 14.2 Å². The molecule has 0 saturated carbocycles. The van der Waals surface area contributed by atoms with Crippen molar-refractivity contribution in [3.05, 3.63) is 45.4 Å². The number of nitrogens with zero attached hydrogens (tertiary/aromatic N) is 5. The first-order valence-electron chi connectivity index (χ1n) is 11.2. The molecule has 8 nitrogen and oxygen atoms in total. The Hall–Kier alpha value is -1.63. The molecular formula is C23H29IN6O2S. The van der Waals surface area contributed by atoms with Crippen LogP contribution in [0.3, 0.4) is 0 Å². The van der Waals surface area contributed by atoms with Crippen molar-refractivity contribution in [2.45, 2.75) is 50.8 Å². The molecule has 0 amide bonds. The van der Waals surface area contributed by atoms with E-state index in [2.05, 4.69) is 48.5 Å². The van der Waals surface area contributed by atoms with Gasteiger partial charge in [0, 0.05) is 36.1 Å². The van der Waals surface area contributed by atoms with E-state index < -0.39 is 11.4 Å². The minimum absolute atomic E-state index is 0.0180. The molecule has 3 aromatic rings. The van der Waals surface area contributed by atoms with Crippen LogP contribution in [0.2, 0.25) is 0 Å². The van der Waals surface area contributed by atoms with E-state index in [9.17, 15) is 4.55 Å². The molecular weight excluding hydrogens is 551 g/mol. The summed E-state index contributed by atoms with van der Waals surface area (Å²) < 4.78 is 25.0. The Morgan fingerprint density at radius 2 is 2.03 bits per heavy atom. The van der Waals surface area contributed by atoms with E-state index in [0.29, 0.717) is 0 Å². The number of anilines is 1. The van der Waals surface area contributed by atoms with Crippen molar-refractivity contribution in [3.8, 4) is 5.75 Å². The van der Waals surface area contributed by atoms with Crippen LogP contribution in [0.4, 0.5) is 5.95 Å². The Morgan fingerprint density at radius 3 is 2.73 bits per heavy atom. The lowest BCUT2D eigenvalue weighted by Gasteiger charge is -2.44. The third kappa shape index (κ3) is 3.98. The van der Waals surface area contributed by atoms with Crippen LogP contribution in [0.5, 0.6) is 5.75 Å². The minimum atomic E-state index is -1.17. The number of piperidine rings is 1. The normalized spacial score (nSPS) is 20.9. The van der Waals surface area contributed by atoms with Crippen molar-refractivity contribution in [2.75, 3.05) is 25.1 Å². The maximum absolute atomic E-state index is 13.2. The number of fused-ring (bicyclic) bond motifs is 2. The van der Waals surface area contributed by atoms with E-state index in [1.54, 1.807) is 13.4 Å². The lowest BCUT2D eigenvalue weighted by atomic mass is 9.73. The van der Waals surface area contributed by atoms with Gasteiger partial charge >= 0.3 is 0 Å². The first-order valence-corrected chi connectivity index (χ1v) is 13.4. The monoisotopic (exact) mass is 580 g/mol.